The summed E-state index contributed by atoms with van der Waals surface area (Å²) in [6, 6.07) is 20.1. The number of aromatic nitrogens is 1. The third-order valence-corrected chi connectivity index (χ3v) is 7.34. The van der Waals surface area contributed by atoms with E-state index in [2.05, 4.69) is 57.3 Å². The van der Waals surface area contributed by atoms with Gasteiger partial charge >= 0.3 is 6.09 Å². The molecule has 6 rings (SSSR count). The number of amides is 2. The molecule has 0 saturated carbocycles. The van der Waals surface area contributed by atoms with E-state index in [1.165, 1.54) is 10.5 Å². The van der Waals surface area contributed by atoms with Crippen LogP contribution in [0.4, 0.5) is 16.4 Å². The molecule has 2 fully saturated rings. The summed E-state index contributed by atoms with van der Waals surface area (Å²) in [5.74, 6) is 2.59. The monoisotopic (exact) mass is 543 g/mol. The van der Waals surface area contributed by atoms with Crippen molar-refractivity contribution in [1.29, 1.82) is 0 Å². The Labute approximate surface area is 233 Å². The number of ether oxygens (including phenoxy) is 3. The van der Waals surface area contributed by atoms with E-state index >= 15 is 0 Å². The first-order valence-electron chi connectivity index (χ1n) is 13.8. The number of pyridine rings is 1. The van der Waals surface area contributed by atoms with E-state index in [1.54, 1.807) is 12.1 Å². The van der Waals surface area contributed by atoms with Crippen molar-refractivity contribution in [1.82, 2.24) is 15.6 Å². The van der Waals surface area contributed by atoms with E-state index in [1.807, 2.05) is 12.1 Å². The molecule has 0 aliphatic carbocycles. The van der Waals surface area contributed by atoms with Crippen molar-refractivity contribution in [2.24, 2.45) is 5.92 Å². The van der Waals surface area contributed by atoms with Gasteiger partial charge in [-0.3, -0.25) is 9.69 Å². The molecule has 10 nitrogen and oxygen atoms in total. The van der Waals surface area contributed by atoms with Crippen LogP contribution >= 0.6 is 0 Å². The zero-order chi connectivity index (χ0) is 27.3. The standard InChI is InChI=1S/C30H33N5O5/c36-28-19-39-26-7-8-27(33-29(26)34-28)35-18-25(40-30(35)37)9-11-31-15-20-3-1-4-22(13-20)23-5-2-6-24(14-23)38-12-10-21-16-32-17-21/h1-8,13-14,21,25,31-32H,9-12,15-19H2,(H,33,34,36). The summed E-state index contributed by atoms with van der Waals surface area (Å²) in [6.45, 7) is 4.68. The van der Waals surface area contributed by atoms with Crippen molar-refractivity contribution >= 4 is 23.6 Å². The van der Waals surface area contributed by atoms with E-state index in [0.717, 1.165) is 48.9 Å². The van der Waals surface area contributed by atoms with Crippen LogP contribution in [0.25, 0.3) is 11.1 Å². The first-order chi connectivity index (χ1) is 19.6. The summed E-state index contributed by atoms with van der Waals surface area (Å²) in [5.41, 5.74) is 3.45. The molecule has 1 aromatic heterocycles. The lowest BCUT2D eigenvalue weighted by molar-refractivity contribution is -0.118. The third kappa shape index (κ3) is 6.19. The zero-order valence-electron chi connectivity index (χ0n) is 22.2. The van der Waals surface area contributed by atoms with Crippen molar-refractivity contribution < 1.29 is 23.8 Å². The van der Waals surface area contributed by atoms with Gasteiger partial charge in [-0.2, -0.15) is 0 Å². The van der Waals surface area contributed by atoms with Crippen LogP contribution in [0.15, 0.2) is 60.7 Å². The molecule has 2 saturated heterocycles. The first kappa shape index (κ1) is 26.1. The molecule has 2 amide bonds. The Morgan fingerprint density at radius 3 is 2.73 bits per heavy atom. The summed E-state index contributed by atoms with van der Waals surface area (Å²) < 4.78 is 16.9. The predicted octanol–water partition coefficient (Wildman–Crippen LogP) is 3.57. The maximum Gasteiger partial charge on any atom is 0.415 e. The molecule has 10 heteroatoms. The fourth-order valence-corrected chi connectivity index (χ4v) is 4.98. The molecule has 0 bridgehead atoms. The number of nitrogens with zero attached hydrogens (tertiary/aromatic N) is 2. The number of carbonyl (C=O) groups excluding carboxylic acids is 2. The van der Waals surface area contributed by atoms with E-state index in [-0.39, 0.29) is 18.6 Å². The molecular weight excluding hydrogens is 510 g/mol. The number of rotatable bonds is 11. The van der Waals surface area contributed by atoms with Gasteiger partial charge in [0.15, 0.2) is 18.2 Å². The van der Waals surface area contributed by atoms with E-state index in [0.29, 0.717) is 43.4 Å². The van der Waals surface area contributed by atoms with Gasteiger partial charge in [-0.25, -0.2) is 9.78 Å². The normalized spacial score (nSPS) is 18.4. The number of fused-ring (bicyclic) bond motifs is 1. The maximum atomic E-state index is 12.5. The Morgan fingerprint density at radius 2 is 1.88 bits per heavy atom. The Bertz CT molecular complexity index is 1380. The Morgan fingerprint density at radius 1 is 1.02 bits per heavy atom. The van der Waals surface area contributed by atoms with Crippen LogP contribution in [0.5, 0.6) is 11.5 Å². The highest BCUT2D eigenvalue weighted by Crippen LogP contribution is 2.30. The van der Waals surface area contributed by atoms with Crippen molar-refractivity contribution in [2.45, 2.75) is 25.5 Å². The van der Waals surface area contributed by atoms with Gasteiger partial charge in [0.05, 0.1) is 13.2 Å². The van der Waals surface area contributed by atoms with Gasteiger partial charge in [-0.1, -0.05) is 30.3 Å². The van der Waals surface area contributed by atoms with Crippen LogP contribution < -0.4 is 30.3 Å². The zero-order valence-corrected chi connectivity index (χ0v) is 22.2. The Hall–Kier alpha value is -4.15. The van der Waals surface area contributed by atoms with Gasteiger partial charge in [-0.15, -0.1) is 0 Å². The summed E-state index contributed by atoms with van der Waals surface area (Å²) in [6.07, 6.45) is 1.05. The minimum Gasteiger partial charge on any atom is -0.494 e. The number of carbonyl (C=O) groups is 2. The van der Waals surface area contributed by atoms with Gasteiger partial charge in [0.25, 0.3) is 5.91 Å². The topological polar surface area (TPSA) is 114 Å². The first-order valence-corrected chi connectivity index (χ1v) is 13.8. The summed E-state index contributed by atoms with van der Waals surface area (Å²) in [5, 5.41) is 9.43. The molecule has 3 aliphatic rings. The van der Waals surface area contributed by atoms with Gasteiger partial charge < -0.3 is 30.2 Å². The molecular formula is C30H33N5O5. The average Bonchev–Trinajstić information content (AvgIpc) is 3.32. The highest BCUT2D eigenvalue weighted by Gasteiger charge is 2.33. The highest BCUT2D eigenvalue weighted by atomic mass is 16.6. The van der Waals surface area contributed by atoms with E-state index in [9.17, 15) is 9.59 Å². The Balaban J connectivity index is 0.977. The van der Waals surface area contributed by atoms with Gasteiger partial charge in [0.2, 0.25) is 0 Å². The molecule has 3 aromatic rings. The minimum absolute atomic E-state index is 0.0417. The Kier molecular flexibility index (Phi) is 7.78. The van der Waals surface area contributed by atoms with E-state index in [4.69, 9.17) is 14.2 Å². The minimum atomic E-state index is -0.445. The molecule has 208 valence electrons. The van der Waals surface area contributed by atoms with Crippen molar-refractivity contribution in [3.05, 3.63) is 66.2 Å². The molecule has 40 heavy (non-hydrogen) atoms. The molecule has 3 aliphatic heterocycles. The van der Waals surface area contributed by atoms with Gasteiger partial charge in [-0.05, 0) is 85.4 Å². The fourth-order valence-electron chi connectivity index (χ4n) is 4.98. The van der Waals surface area contributed by atoms with Crippen LogP contribution in [-0.4, -0.2) is 62.5 Å². The largest absolute Gasteiger partial charge is 0.494 e. The number of hydrogen-bond acceptors (Lipinski definition) is 8. The van der Waals surface area contributed by atoms with Crippen LogP contribution in [0.2, 0.25) is 0 Å². The number of hydrogen-bond donors (Lipinski definition) is 3. The SMILES string of the molecule is O=C1COc2ccc(N3CC(CCNCc4cccc(-c5cccc(OCCC6CNC6)c5)c4)OC3=O)nc2N1. The summed E-state index contributed by atoms with van der Waals surface area (Å²) in [4.78, 5) is 29.9. The average molecular weight is 544 g/mol. The van der Waals surface area contributed by atoms with Gasteiger partial charge in [0.1, 0.15) is 17.7 Å². The molecule has 4 heterocycles. The lowest BCUT2D eigenvalue weighted by Gasteiger charge is -2.26. The van der Waals surface area contributed by atoms with Crippen LogP contribution in [0.1, 0.15) is 18.4 Å². The molecule has 1 unspecified atom stereocenters. The molecule has 0 spiro atoms. The summed E-state index contributed by atoms with van der Waals surface area (Å²) in [7, 11) is 0. The van der Waals surface area contributed by atoms with Crippen LogP contribution in [-0.2, 0) is 16.1 Å². The second kappa shape index (κ2) is 11.9. The number of benzene rings is 2. The quantitative estimate of drug-likeness (QED) is 0.315. The summed E-state index contributed by atoms with van der Waals surface area (Å²) >= 11 is 0. The lowest BCUT2D eigenvalue weighted by Crippen LogP contribution is -2.42. The fraction of sp³-hybridized carbons (Fsp3) is 0.367. The van der Waals surface area contributed by atoms with Crippen LogP contribution in [0, 0.1) is 5.92 Å². The molecule has 1 atom stereocenters. The van der Waals surface area contributed by atoms with Crippen molar-refractivity contribution in [3.8, 4) is 22.6 Å². The number of cyclic esters (lactones) is 1. The second-order valence-electron chi connectivity index (χ2n) is 10.3. The molecule has 2 aromatic carbocycles. The third-order valence-electron chi connectivity index (χ3n) is 7.34. The molecule has 3 N–H and O–H groups in total. The van der Waals surface area contributed by atoms with Gasteiger partial charge in [0, 0.05) is 6.54 Å². The lowest BCUT2D eigenvalue weighted by atomic mass is 10.0. The number of nitrogens with one attached hydrogen (secondary N) is 3. The molecule has 0 radical (unpaired) electrons. The smallest absolute Gasteiger partial charge is 0.415 e. The highest BCUT2D eigenvalue weighted by molar-refractivity contribution is 5.95. The number of anilines is 2. The van der Waals surface area contributed by atoms with E-state index < -0.39 is 6.09 Å². The van der Waals surface area contributed by atoms with Crippen molar-refractivity contribution in [2.75, 3.05) is 49.6 Å². The predicted molar refractivity (Wildman–Crippen MR) is 151 cm³/mol. The van der Waals surface area contributed by atoms with Crippen LogP contribution in [0.3, 0.4) is 0 Å². The second-order valence-corrected chi connectivity index (χ2v) is 10.3. The van der Waals surface area contributed by atoms with Crippen molar-refractivity contribution in [3.63, 3.8) is 0 Å². The maximum absolute atomic E-state index is 12.5.